The molecule has 1 aromatic heterocycles. The Morgan fingerprint density at radius 3 is 2.79 bits per heavy atom. The maximum absolute atomic E-state index is 12.2. The number of aromatic nitrogens is 1. The van der Waals surface area contributed by atoms with Crippen LogP contribution in [0.4, 0.5) is 0 Å². The third-order valence-electron chi connectivity index (χ3n) is 3.10. The standard InChI is InChI=1S/C14H16ClNO3/c1-9-8-10-12(19-2)5-4-11(15)13(10)16(14(9)18)6-3-7-17/h4-5,8,17H,3,6-7H2,1-2H3. The fourth-order valence-corrected chi connectivity index (χ4v) is 2.46. The fraction of sp³-hybridized carbons (Fsp3) is 0.357. The van der Waals surface area contributed by atoms with E-state index in [4.69, 9.17) is 21.4 Å². The van der Waals surface area contributed by atoms with Crippen molar-refractivity contribution in [3.8, 4) is 5.75 Å². The van der Waals surface area contributed by atoms with Crippen LogP contribution in [0.1, 0.15) is 12.0 Å². The van der Waals surface area contributed by atoms with Crippen LogP contribution in [0.15, 0.2) is 23.0 Å². The predicted octanol–water partition coefficient (Wildman–Crippen LogP) is 2.35. The van der Waals surface area contributed by atoms with Gasteiger partial charge in [-0.15, -0.1) is 0 Å². The zero-order valence-electron chi connectivity index (χ0n) is 10.9. The van der Waals surface area contributed by atoms with Gasteiger partial charge in [0.2, 0.25) is 0 Å². The average molecular weight is 282 g/mol. The van der Waals surface area contributed by atoms with E-state index in [9.17, 15) is 4.79 Å². The van der Waals surface area contributed by atoms with Gasteiger partial charge in [0.25, 0.3) is 5.56 Å². The Hall–Kier alpha value is -1.52. The average Bonchev–Trinajstić information content (AvgIpc) is 2.40. The Morgan fingerprint density at radius 1 is 1.42 bits per heavy atom. The summed E-state index contributed by atoms with van der Waals surface area (Å²) in [5, 5.41) is 10.3. The first-order chi connectivity index (χ1) is 9.10. The number of aliphatic hydroxyl groups excluding tert-OH is 1. The molecule has 102 valence electrons. The van der Waals surface area contributed by atoms with E-state index >= 15 is 0 Å². The Morgan fingerprint density at radius 2 is 2.16 bits per heavy atom. The lowest BCUT2D eigenvalue weighted by Crippen LogP contribution is -2.23. The molecule has 0 bridgehead atoms. The number of halogens is 1. The summed E-state index contributed by atoms with van der Waals surface area (Å²) in [6.45, 7) is 2.22. The van der Waals surface area contributed by atoms with Gasteiger partial charge in [0.1, 0.15) is 5.75 Å². The fourth-order valence-electron chi connectivity index (χ4n) is 2.19. The van der Waals surface area contributed by atoms with Gasteiger partial charge < -0.3 is 14.4 Å². The van der Waals surface area contributed by atoms with Crippen LogP contribution in [0.5, 0.6) is 5.75 Å². The van der Waals surface area contributed by atoms with Gasteiger partial charge in [-0.25, -0.2) is 0 Å². The minimum absolute atomic E-state index is 0.0312. The van der Waals surface area contributed by atoms with Crippen molar-refractivity contribution in [1.29, 1.82) is 0 Å². The molecule has 5 heteroatoms. The molecule has 1 heterocycles. The summed E-state index contributed by atoms with van der Waals surface area (Å²) in [6, 6.07) is 5.29. The Bertz CT molecular complexity index is 664. The highest BCUT2D eigenvalue weighted by Gasteiger charge is 2.13. The van der Waals surface area contributed by atoms with Gasteiger partial charge in [0.05, 0.1) is 17.6 Å². The number of hydrogen-bond donors (Lipinski definition) is 1. The number of pyridine rings is 1. The van der Waals surface area contributed by atoms with E-state index in [0.29, 0.717) is 34.8 Å². The van der Waals surface area contributed by atoms with Crippen molar-refractivity contribution >= 4 is 22.5 Å². The monoisotopic (exact) mass is 281 g/mol. The van der Waals surface area contributed by atoms with E-state index in [0.717, 1.165) is 5.39 Å². The molecule has 0 aliphatic carbocycles. The predicted molar refractivity (Wildman–Crippen MR) is 76.2 cm³/mol. The molecule has 0 fully saturated rings. The first kappa shape index (κ1) is 13.9. The summed E-state index contributed by atoms with van der Waals surface area (Å²) in [6.07, 6.45) is 0.506. The highest BCUT2D eigenvalue weighted by Crippen LogP contribution is 2.31. The van der Waals surface area contributed by atoms with Crippen molar-refractivity contribution in [3.63, 3.8) is 0 Å². The van der Waals surface area contributed by atoms with E-state index in [2.05, 4.69) is 0 Å². The lowest BCUT2D eigenvalue weighted by atomic mass is 10.1. The maximum Gasteiger partial charge on any atom is 0.253 e. The molecule has 1 N–H and O–H groups in total. The van der Waals surface area contributed by atoms with Crippen LogP contribution in [0.25, 0.3) is 10.9 Å². The van der Waals surface area contributed by atoms with Gasteiger partial charge in [0, 0.05) is 24.1 Å². The van der Waals surface area contributed by atoms with Gasteiger partial charge in [0.15, 0.2) is 0 Å². The van der Waals surface area contributed by atoms with Gasteiger partial charge in [-0.1, -0.05) is 11.6 Å². The number of ether oxygens (including phenoxy) is 1. The molecule has 0 radical (unpaired) electrons. The molecule has 1 aromatic carbocycles. The van der Waals surface area contributed by atoms with Crippen molar-refractivity contribution in [3.05, 3.63) is 39.1 Å². The zero-order chi connectivity index (χ0) is 14.0. The zero-order valence-corrected chi connectivity index (χ0v) is 11.7. The van der Waals surface area contributed by atoms with Crippen molar-refractivity contribution < 1.29 is 9.84 Å². The van der Waals surface area contributed by atoms with E-state index < -0.39 is 0 Å². The molecule has 4 nitrogen and oxygen atoms in total. The lowest BCUT2D eigenvalue weighted by Gasteiger charge is -2.14. The molecule has 0 amide bonds. The molecule has 0 atom stereocenters. The minimum Gasteiger partial charge on any atom is -0.496 e. The van der Waals surface area contributed by atoms with Crippen LogP contribution < -0.4 is 10.3 Å². The number of benzene rings is 1. The molecule has 0 saturated carbocycles. The maximum atomic E-state index is 12.2. The topological polar surface area (TPSA) is 51.5 Å². The number of aliphatic hydroxyl groups is 1. The van der Waals surface area contributed by atoms with E-state index in [1.807, 2.05) is 0 Å². The van der Waals surface area contributed by atoms with Gasteiger partial charge in [-0.2, -0.15) is 0 Å². The van der Waals surface area contributed by atoms with Crippen molar-refractivity contribution in [2.75, 3.05) is 13.7 Å². The molecule has 2 rings (SSSR count). The minimum atomic E-state index is -0.0869. The smallest absolute Gasteiger partial charge is 0.253 e. The summed E-state index contributed by atoms with van der Waals surface area (Å²) in [4.78, 5) is 12.2. The van der Waals surface area contributed by atoms with E-state index in [1.54, 1.807) is 36.8 Å². The summed E-state index contributed by atoms with van der Waals surface area (Å²) < 4.78 is 6.92. The largest absolute Gasteiger partial charge is 0.496 e. The van der Waals surface area contributed by atoms with Crippen molar-refractivity contribution in [1.82, 2.24) is 4.57 Å². The summed E-state index contributed by atoms with van der Waals surface area (Å²) in [5.74, 6) is 0.681. The van der Waals surface area contributed by atoms with Crippen molar-refractivity contribution in [2.45, 2.75) is 19.9 Å². The number of fused-ring (bicyclic) bond motifs is 1. The first-order valence-corrected chi connectivity index (χ1v) is 6.45. The number of aryl methyl sites for hydroxylation is 2. The normalized spacial score (nSPS) is 10.9. The van der Waals surface area contributed by atoms with E-state index in [1.165, 1.54) is 0 Å². The summed E-state index contributed by atoms with van der Waals surface area (Å²) in [7, 11) is 1.58. The van der Waals surface area contributed by atoms with Gasteiger partial charge in [-0.3, -0.25) is 4.79 Å². The highest BCUT2D eigenvalue weighted by atomic mass is 35.5. The van der Waals surface area contributed by atoms with Crippen LogP contribution in [-0.2, 0) is 6.54 Å². The second kappa shape index (κ2) is 5.63. The summed E-state index contributed by atoms with van der Waals surface area (Å²) in [5.41, 5.74) is 1.20. The SMILES string of the molecule is COc1ccc(Cl)c2c1cc(C)c(=O)n2CCCO. The highest BCUT2D eigenvalue weighted by molar-refractivity contribution is 6.35. The quantitative estimate of drug-likeness (QED) is 0.936. The lowest BCUT2D eigenvalue weighted by molar-refractivity contribution is 0.280. The molecular weight excluding hydrogens is 266 g/mol. The van der Waals surface area contributed by atoms with Crippen LogP contribution in [-0.4, -0.2) is 23.4 Å². The van der Waals surface area contributed by atoms with Crippen LogP contribution >= 0.6 is 11.6 Å². The van der Waals surface area contributed by atoms with Gasteiger partial charge in [-0.05, 0) is 31.5 Å². The molecule has 19 heavy (non-hydrogen) atoms. The summed E-state index contributed by atoms with van der Waals surface area (Å²) >= 11 is 6.22. The van der Waals surface area contributed by atoms with Crippen LogP contribution in [0.2, 0.25) is 5.02 Å². The third-order valence-corrected chi connectivity index (χ3v) is 3.41. The van der Waals surface area contributed by atoms with E-state index in [-0.39, 0.29) is 12.2 Å². The van der Waals surface area contributed by atoms with Crippen LogP contribution in [0, 0.1) is 6.92 Å². The first-order valence-electron chi connectivity index (χ1n) is 6.07. The third kappa shape index (κ3) is 2.46. The Balaban J connectivity index is 2.83. The molecule has 0 spiro atoms. The number of rotatable bonds is 4. The molecule has 0 aliphatic heterocycles. The van der Waals surface area contributed by atoms with Crippen LogP contribution in [0.3, 0.4) is 0 Å². The number of hydrogen-bond acceptors (Lipinski definition) is 3. The second-order valence-corrected chi connectivity index (χ2v) is 4.78. The van der Waals surface area contributed by atoms with Crippen molar-refractivity contribution in [2.24, 2.45) is 0 Å². The molecular formula is C14H16ClNO3. The molecule has 0 unspecified atom stereocenters. The van der Waals surface area contributed by atoms with Gasteiger partial charge >= 0.3 is 0 Å². The Labute approximate surface area is 116 Å². The molecule has 2 aromatic rings. The second-order valence-electron chi connectivity index (χ2n) is 4.37. The Kier molecular flexibility index (Phi) is 4.12. The number of nitrogens with zero attached hydrogens (tertiary/aromatic N) is 1. The number of methoxy groups -OCH3 is 1. The molecule has 0 aliphatic rings. The molecule has 0 saturated heterocycles.